The zero-order valence-corrected chi connectivity index (χ0v) is 9.21. The predicted molar refractivity (Wildman–Crippen MR) is 57.6 cm³/mol. The number of nitriles is 1. The number of hydrogen-bond donors (Lipinski definition) is 1. The van der Waals surface area contributed by atoms with Crippen LogP contribution in [-0.2, 0) is 0 Å². The minimum atomic E-state index is -0.389. The molecule has 0 saturated carbocycles. The molecule has 1 heterocycles. The Morgan fingerprint density at radius 3 is 3.00 bits per heavy atom. The van der Waals surface area contributed by atoms with Crippen LogP contribution in [0.2, 0.25) is 0 Å². The Labute approximate surface area is 93.9 Å². The van der Waals surface area contributed by atoms with Crippen LogP contribution in [0.5, 0.6) is 5.75 Å². The first-order chi connectivity index (χ1) is 7.56. The second-order valence-electron chi connectivity index (χ2n) is 3.59. The van der Waals surface area contributed by atoms with Crippen LogP contribution < -0.4 is 0 Å². The van der Waals surface area contributed by atoms with Gasteiger partial charge in [-0.05, 0) is 19.1 Å². The van der Waals surface area contributed by atoms with Crippen molar-refractivity contribution in [2.24, 2.45) is 5.92 Å². The molecule has 0 radical (unpaired) electrons. The Balaban J connectivity index is 2.80. The summed E-state index contributed by atoms with van der Waals surface area (Å²) in [5.41, 5.74) is 0.00939. The van der Waals surface area contributed by atoms with Gasteiger partial charge in [-0.1, -0.05) is 0 Å². The molecule has 1 unspecified atom stereocenters. The quantitative estimate of drug-likeness (QED) is 0.823. The molecular weight excluding hydrogens is 206 g/mol. The van der Waals surface area contributed by atoms with Gasteiger partial charge in [0, 0.05) is 19.8 Å². The number of carbonyl (C=O) groups is 1. The SMILES string of the molecule is CC(C#N)CN(C)C(=O)c1ncccc1O. The van der Waals surface area contributed by atoms with Gasteiger partial charge >= 0.3 is 0 Å². The molecule has 1 aromatic heterocycles. The lowest BCUT2D eigenvalue weighted by atomic mass is 10.2. The van der Waals surface area contributed by atoms with E-state index in [1.165, 1.54) is 17.2 Å². The maximum absolute atomic E-state index is 11.8. The van der Waals surface area contributed by atoms with E-state index in [2.05, 4.69) is 4.98 Å². The third-order valence-electron chi connectivity index (χ3n) is 2.10. The van der Waals surface area contributed by atoms with E-state index in [0.717, 1.165) is 0 Å². The second-order valence-corrected chi connectivity index (χ2v) is 3.59. The molecule has 0 saturated heterocycles. The number of rotatable bonds is 3. The van der Waals surface area contributed by atoms with Gasteiger partial charge in [0.2, 0.25) is 0 Å². The molecule has 0 spiro atoms. The van der Waals surface area contributed by atoms with Gasteiger partial charge in [-0.15, -0.1) is 0 Å². The van der Waals surface area contributed by atoms with E-state index in [4.69, 9.17) is 5.26 Å². The molecule has 5 nitrogen and oxygen atoms in total. The summed E-state index contributed by atoms with van der Waals surface area (Å²) in [5, 5.41) is 18.1. The summed E-state index contributed by atoms with van der Waals surface area (Å²) in [6.07, 6.45) is 1.44. The van der Waals surface area contributed by atoms with Crippen molar-refractivity contribution in [3.63, 3.8) is 0 Å². The van der Waals surface area contributed by atoms with E-state index in [0.29, 0.717) is 6.54 Å². The first kappa shape index (κ1) is 12.0. The van der Waals surface area contributed by atoms with Crippen molar-refractivity contribution in [2.75, 3.05) is 13.6 Å². The van der Waals surface area contributed by atoms with Crippen molar-refractivity contribution in [2.45, 2.75) is 6.92 Å². The smallest absolute Gasteiger partial charge is 0.276 e. The second kappa shape index (κ2) is 5.12. The number of aromatic hydroxyl groups is 1. The summed E-state index contributed by atoms with van der Waals surface area (Å²) in [6, 6.07) is 4.99. The highest BCUT2D eigenvalue weighted by atomic mass is 16.3. The summed E-state index contributed by atoms with van der Waals surface area (Å²) >= 11 is 0. The van der Waals surface area contributed by atoms with Crippen molar-refractivity contribution in [3.05, 3.63) is 24.0 Å². The van der Waals surface area contributed by atoms with Crippen molar-refractivity contribution in [1.29, 1.82) is 5.26 Å². The van der Waals surface area contributed by atoms with Crippen LogP contribution >= 0.6 is 0 Å². The lowest BCUT2D eigenvalue weighted by Gasteiger charge is -2.17. The lowest BCUT2D eigenvalue weighted by molar-refractivity contribution is 0.0776. The normalized spacial score (nSPS) is 11.6. The average Bonchev–Trinajstić information content (AvgIpc) is 2.28. The maximum Gasteiger partial charge on any atom is 0.276 e. The fourth-order valence-corrected chi connectivity index (χ4v) is 1.28. The highest BCUT2D eigenvalue weighted by Gasteiger charge is 2.18. The number of pyridine rings is 1. The number of nitrogens with zero attached hydrogens (tertiary/aromatic N) is 3. The topological polar surface area (TPSA) is 77.2 Å². The first-order valence-corrected chi connectivity index (χ1v) is 4.85. The molecule has 0 aliphatic heterocycles. The Kier molecular flexibility index (Phi) is 3.84. The molecule has 1 rings (SSSR count). The van der Waals surface area contributed by atoms with Crippen LogP contribution in [0.15, 0.2) is 18.3 Å². The summed E-state index contributed by atoms with van der Waals surface area (Å²) < 4.78 is 0. The van der Waals surface area contributed by atoms with E-state index in [1.807, 2.05) is 6.07 Å². The van der Waals surface area contributed by atoms with Crippen molar-refractivity contribution >= 4 is 5.91 Å². The van der Waals surface area contributed by atoms with Crippen LogP contribution in [0.25, 0.3) is 0 Å². The molecule has 0 aliphatic rings. The molecule has 84 valence electrons. The fraction of sp³-hybridized carbons (Fsp3) is 0.364. The molecule has 0 aromatic carbocycles. The van der Waals surface area contributed by atoms with Crippen molar-refractivity contribution < 1.29 is 9.90 Å². The Morgan fingerprint density at radius 1 is 1.75 bits per heavy atom. The van der Waals surface area contributed by atoms with E-state index in [-0.39, 0.29) is 23.3 Å². The molecule has 0 bridgehead atoms. The van der Waals surface area contributed by atoms with Crippen molar-refractivity contribution in [1.82, 2.24) is 9.88 Å². The highest BCUT2D eigenvalue weighted by molar-refractivity contribution is 5.94. The molecule has 16 heavy (non-hydrogen) atoms. The average molecular weight is 219 g/mol. The van der Waals surface area contributed by atoms with Gasteiger partial charge in [-0.2, -0.15) is 5.26 Å². The number of aromatic nitrogens is 1. The molecule has 0 fully saturated rings. The zero-order chi connectivity index (χ0) is 12.1. The minimum absolute atomic E-state index is 0.00939. The molecule has 1 atom stereocenters. The molecular formula is C11H13N3O2. The summed E-state index contributed by atoms with van der Waals surface area (Å²) in [4.78, 5) is 17.0. The summed E-state index contributed by atoms with van der Waals surface area (Å²) in [7, 11) is 1.57. The third kappa shape index (κ3) is 2.70. The van der Waals surface area contributed by atoms with Crippen LogP contribution in [0.1, 0.15) is 17.4 Å². The Hall–Kier alpha value is -2.09. The van der Waals surface area contributed by atoms with Gasteiger partial charge < -0.3 is 10.0 Å². The third-order valence-corrected chi connectivity index (χ3v) is 2.10. The monoisotopic (exact) mass is 219 g/mol. The maximum atomic E-state index is 11.8. The first-order valence-electron chi connectivity index (χ1n) is 4.85. The number of carbonyl (C=O) groups excluding carboxylic acids is 1. The van der Waals surface area contributed by atoms with Gasteiger partial charge in [-0.25, -0.2) is 4.98 Å². The molecule has 1 aromatic rings. The summed E-state index contributed by atoms with van der Waals surface area (Å²) in [5.74, 6) is -0.788. The molecule has 1 N–H and O–H groups in total. The van der Waals surface area contributed by atoms with Crippen molar-refractivity contribution in [3.8, 4) is 11.8 Å². The van der Waals surface area contributed by atoms with Crippen LogP contribution in [-0.4, -0.2) is 34.5 Å². The Morgan fingerprint density at radius 2 is 2.44 bits per heavy atom. The highest BCUT2D eigenvalue weighted by Crippen LogP contribution is 2.14. The van der Waals surface area contributed by atoms with E-state index in [1.54, 1.807) is 20.0 Å². The van der Waals surface area contributed by atoms with Gasteiger partial charge in [0.25, 0.3) is 5.91 Å². The molecule has 5 heteroatoms. The standard InChI is InChI=1S/C11H13N3O2/c1-8(6-12)7-14(2)11(16)10-9(15)4-3-5-13-10/h3-5,8,15H,7H2,1-2H3. The molecule has 1 amide bonds. The minimum Gasteiger partial charge on any atom is -0.505 e. The van der Waals surface area contributed by atoms with Crippen LogP contribution in [0.4, 0.5) is 0 Å². The Bertz CT molecular complexity index is 425. The fourth-order valence-electron chi connectivity index (χ4n) is 1.28. The van der Waals surface area contributed by atoms with Crippen LogP contribution in [0, 0.1) is 17.2 Å². The van der Waals surface area contributed by atoms with Gasteiger partial charge in [0.05, 0.1) is 12.0 Å². The predicted octanol–water partition coefficient (Wildman–Crippen LogP) is 1.02. The van der Waals surface area contributed by atoms with E-state index < -0.39 is 0 Å². The van der Waals surface area contributed by atoms with Crippen LogP contribution in [0.3, 0.4) is 0 Å². The lowest BCUT2D eigenvalue weighted by Crippen LogP contribution is -2.31. The number of amides is 1. The van der Waals surface area contributed by atoms with E-state index in [9.17, 15) is 9.90 Å². The zero-order valence-electron chi connectivity index (χ0n) is 9.21. The van der Waals surface area contributed by atoms with E-state index >= 15 is 0 Å². The summed E-state index contributed by atoms with van der Waals surface area (Å²) in [6.45, 7) is 2.04. The van der Waals surface area contributed by atoms with Gasteiger partial charge in [-0.3, -0.25) is 4.79 Å². The number of hydrogen-bond acceptors (Lipinski definition) is 4. The molecule has 0 aliphatic carbocycles. The largest absolute Gasteiger partial charge is 0.505 e. The van der Waals surface area contributed by atoms with Gasteiger partial charge in [0.1, 0.15) is 5.75 Å². The van der Waals surface area contributed by atoms with Gasteiger partial charge in [0.15, 0.2) is 5.69 Å².